The fraction of sp³-hybridized carbons (Fsp3) is 0.211. The molecule has 4 rings (SSSR count). The van der Waals surface area contributed by atoms with Gasteiger partial charge in [-0.25, -0.2) is 4.68 Å². The number of nitrogens with zero attached hydrogens (tertiary/aromatic N) is 2. The molecular weight excluding hydrogens is 377 g/mol. The molecule has 0 spiro atoms. The number of phenolic OH excluding ortho intramolecular Hbond substituents is 1. The van der Waals surface area contributed by atoms with E-state index in [4.69, 9.17) is 9.47 Å². The summed E-state index contributed by atoms with van der Waals surface area (Å²) in [6, 6.07) is 10.8. The highest BCUT2D eigenvalue weighted by atomic mass is 19.4. The van der Waals surface area contributed by atoms with Crippen LogP contribution in [0.3, 0.4) is 0 Å². The molecule has 0 radical (unpaired) electrons. The molecule has 0 amide bonds. The van der Waals surface area contributed by atoms with Gasteiger partial charge >= 0.3 is 6.18 Å². The predicted molar refractivity (Wildman–Crippen MR) is 91.5 cm³/mol. The van der Waals surface area contributed by atoms with E-state index in [0.29, 0.717) is 22.6 Å². The van der Waals surface area contributed by atoms with Gasteiger partial charge in [-0.2, -0.15) is 18.3 Å². The molecule has 2 heterocycles. The second kappa shape index (κ2) is 6.66. The summed E-state index contributed by atoms with van der Waals surface area (Å²) >= 11 is 0. The lowest BCUT2D eigenvalue weighted by Crippen LogP contribution is -2.10. The van der Waals surface area contributed by atoms with Gasteiger partial charge in [0.1, 0.15) is 5.75 Å². The highest BCUT2D eigenvalue weighted by molar-refractivity contribution is 5.47. The molecule has 2 aromatic carbocycles. The van der Waals surface area contributed by atoms with Crippen molar-refractivity contribution in [3.63, 3.8) is 0 Å². The van der Waals surface area contributed by atoms with E-state index in [9.17, 15) is 23.4 Å². The van der Waals surface area contributed by atoms with E-state index in [1.165, 1.54) is 12.1 Å². The Balaban J connectivity index is 1.70. The number of phenols is 1. The zero-order valence-corrected chi connectivity index (χ0v) is 14.4. The minimum Gasteiger partial charge on any atom is -0.508 e. The fourth-order valence-electron chi connectivity index (χ4n) is 3.07. The molecule has 9 heteroatoms. The Kier molecular flexibility index (Phi) is 4.29. The summed E-state index contributed by atoms with van der Waals surface area (Å²) in [6.45, 7) is -0.0653. The molecule has 0 fully saturated rings. The first-order valence-electron chi connectivity index (χ1n) is 8.33. The van der Waals surface area contributed by atoms with E-state index >= 15 is 0 Å². The number of halogens is 3. The third-order valence-electron chi connectivity index (χ3n) is 4.35. The van der Waals surface area contributed by atoms with Crippen molar-refractivity contribution in [2.45, 2.75) is 19.1 Å². The van der Waals surface area contributed by atoms with Crippen molar-refractivity contribution in [2.24, 2.45) is 0 Å². The van der Waals surface area contributed by atoms with E-state index in [0.717, 1.165) is 4.68 Å². The van der Waals surface area contributed by atoms with Crippen LogP contribution in [0, 0.1) is 0 Å². The van der Waals surface area contributed by atoms with E-state index < -0.39 is 17.8 Å². The Morgan fingerprint density at radius 2 is 1.79 bits per heavy atom. The predicted octanol–water partition coefficient (Wildman–Crippen LogP) is 3.68. The van der Waals surface area contributed by atoms with E-state index in [-0.39, 0.29) is 31.1 Å². The van der Waals surface area contributed by atoms with Gasteiger partial charge in [-0.05, 0) is 35.4 Å². The average molecular weight is 392 g/mol. The maximum atomic E-state index is 13.5. The van der Waals surface area contributed by atoms with Crippen molar-refractivity contribution < 1.29 is 32.9 Å². The first kappa shape index (κ1) is 18.0. The van der Waals surface area contributed by atoms with Gasteiger partial charge < -0.3 is 19.7 Å². The van der Waals surface area contributed by atoms with Gasteiger partial charge in [0.25, 0.3) is 0 Å². The smallest absolute Gasteiger partial charge is 0.435 e. The van der Waals surface area contributed by atoms with Gasteiger partial charge in [0.05, 0.1) is 12.1 Å². The number of hydrogen-bond donors (Lipinski definition) is 2. The van der Waals surface area contributed by atoms with Gasteiger partial charge in [0, 0.05) is 6.42 Å². The van der Waals surface area contributed by atoms with Crippen LogP contribution in [0.15, 0.2) is 42.5 Å². The number of benzene rings is 2. The van der Waals surface area contributed by atoms with E-state index in [1.54, 1.807) is 30.3 Å². The number of aromatic hydroxyl groups is 2. The Labute approximate surface area is 157 Å². The van der Waals surface area contributed by atoms with Crippen molar-refractivity contribution in [3.05, 3.63) is 64.8 Å². The SMILES string of the molecule is Oc1cccc(Cn2nc(C(F)(F)F)c(Cc3ccc4c(c3)OCO4)c2O)c1. The van der Waals surface area contributed by atoms with Crippen LogP contribution >= 0.6 is 0 Å². The topological polar surface area (TPSA) is 76.7 Å². The van der Waals surface area contributed by atoms with Crippen LogP contribution in [0.25, 0.3) is 0 Å². The highest BCUT2D eigenvalue weighted by Gasteiger charge is 2.39. The van der Waals surface area contributed by atoms with E-state index in [2.05, 4.69) is 5.10 Å². The number of hydrogen-bond acceptors (Lipinski definition) is 5. The summed E-state index contributed by atoms with van der Waals surface area (Å²) in [5.74, 6) is 0.357. The Hall–Kier alpha value is -3.36. The second-order valence-corrected chi connectivity index (χ2v) is 6.34. The highest BCUT2D eigenvalue weighted by Crippen LogP contribution is 2.38. The summed E-state index contributed by atoms with van der Waals surface area (Å²) in [4.78, 5) is 0. The number of aromatic nitrogens is 2. The standard InChI is InChI=1S/C19H15F3N2O4/c20-19(21,22)17-14(7-11-4-5-15-16(8-11)28-10-27-15)18(26)24(23-17)9-12-2-1-3-13(25)6-12/h1-6,8,25-26H,7,9-10H2. The molecule has 0 unspecified atom stereocenters. The van der Waals surface area contributed by atoms with Gasteiger partial charge in [-0.15, -0.1) is 0 Å². The van der Waals surface area contributed by atoms with Crippen molar-refractivity contribution in [1.82, 2.24) is 9.78 Å². The molecule has 1 aliphatic rings. The molecule has 0 saturated carbocycles. The van der Waals surface area contributed by atoms with Crippen molar-refractivity contribution in [1.29, 1.82) is 0 Å². The van der Waals surface area contributed by atoms with Crippen molar-refractivity contribution in [3.8, 4) is 23.1 Å². The molecule has 0 atom stereocenters. The summed E-state index contributed by atoms with van der Waals surface area (Å²) in [7, 11) is 0. The van der Waals surface area contributed by atoms with Crippen LogP contribution < -0.4 is 9.47 Å². The lowest BCUT2D eigenvalue weighted by Gasteiger charge is -2.07. The zero-order valence-electron chi connectivity index (χ0n) is 14.4. The number of alkyl halides is 3. The quantitative estimate of drug-likeness (QED) is 0.708. The van der Waals surface area contributed by atoms with E-state index in [1.807, 2.05) is 0 Å². The van der Waals surface area contributed by atoms with Gasteiger partial charge in [0.2, 0.25) is 12.7 Å². The Morgan fingerprint density at radius 1 is 1.00 bits per heavy atom. The fourth-order valence-corrected chi connectivity index (χ4v) is 3.07. The normalized spacial score (nSPS) is 13.1. The molecule has 0 aliphatic carbocycles. The largest absolute Gasteiger partial charge is 0.508 e. The van der Waals surface area contributed by atoms with Crippen LogP contribution in [0.1, 0.15) is 22.4 Å². The molecular formula is C19H15F3N2O4. The minimum atomic E-state index is -4.73. The summed E-state index contributed by atoms with van der Waals surface area (Å²) < 4.78 is 51.8. The van der Waals surface area contributed by atoms with Crippen molar-refractivity contribution in [2.75, 3.05) is 6.79 Å². The lowest BCUT2D eigenvalue weighted by atomic mass is 10.0. The third kappa shape index (κ3) is 3.42. The van der Waals surface area contributed by atoms with Crippen LogP contribution in [0.5, 0.6) is 23.1 Å². The molecule has 2 N–H and O–H groups in total. The third-order valence-corrected chi connectivity index (χ3v) is 4.35. The molecule has 0 saturated heterocycles. The second-order valence-electron chi connectivity index (χ2n) is 6.34. The van der Waals surface area contributed by atoms with Gasteiger partial charge in [0.15, 0.2) is 17.2 Å². The summed E-state index contributed by atoms with van der Waals surface area (Å²) in [6.07, 6.45) is -4.91. The van der Waals surface area contributed by atoms with Crippen LogP contribution in [-0.4, -0.2) is 26.8 Å². The Bertz CT molecular complexity index is 1030. The molecule has 6 nitrogen and oxygen atoms in total. The molecule has 146 valence electrons. The first-order chi connectivity index (χ1) is 13.3. The number of fused-ring (bicyclic) bond motifs is 1. The van der Waals surface area contributed by atoms with Crippen LogP contribution in [-0.2, 0) is 19.1 Å². The molecule has 28 heavy (non-hydrogen) atoms. The lowest BCUT2D eigenvalue weighted by molar-refractivity contribution is -0.142. The molecule has 0 bridgehead atoms. The maximum Gasteiger partial charge on any atom is 0.435 e. The summed E-state index contributed by atoms with van der Waals surface area (Å²) in [5, 5.41) is 23.5. The average Bonchev–Trinajstić information content (AvgIpc) is 3.21. The van der Waals surface area contributed by atoms with Gasteiger partial charge in [-0.1, -0.05) is 18.2 Å². The van der Waals surface area contributed by atoms with Crippen LogP contribution in [0.4, 0.5) is 13.2 Å². The number of rotatable bonds is 4. The Morgan fingerprint density at radius 3 is 2.54 bits per heavy atom. The number of ether oxygens (including phenoxy) is 2. The first-order valence-corrected chi connectivity index (χ1v) is 8.33. The molecule has 1 aliphatic heterocycles. The maximum absolute atomic E-state index is 13.5. The monoisotopic (exact) mass is 392 g/mol. The summed E-state index contributed by atoms with van der Waals surface area (Å²) in [5.41, 5.74) is -0.461. The molecule has 1 aromatic heterocycles. The van der Waals surface area contributed by atoms with Gasteiger partial charge in [-0.3, -0.25) is 0 Å². The zero-order chi connectivity index (χ0) is 19.9. The van der Waals surface area contributed by atoms with Crippen LogP contribution in [0.2, 0.25) is 0 Å². The van der Waals surface area contributed by atoms with Crippen molar-refractivity contribution >= 4 is 0 Å². The minimum absolute atomic E-state index is 0.0271. The molecule has 3 aromatic rings.